The van der Waals surface area contributed by atoms with Gasteiger partial charge >= 0.3 is 23.9 Å². The number of carbonyl (C=O) groups excluding carboxylic acids is 1. The summed E-state index contributed by atoms with van der Waals surface area (Å²) in [7, 11) is 0. The van der Waals surface area contributed by atoms with Gasteiger partial charge < -0.3 is 5.32 Å². The van der Waals surface area contributed by atoms with Crippen molar-refractivity contribution >= 4 is 33.2 Å². The highest BCUT2D eigenvalue weighted by Crippen LogP contribution is 2.53. The van der Waals surface area contributed by atoms with E-state index in [1.807, 2.05) is 0 Å². The number of benzene rings is 1. The Hall–Kier alpha value is -2.06. The van der Waals surface area contributed by atoms with Crippen LogP contribution in [0.1, 0.15) is 0 Å². The Morgan fingerprint density at radius 2 is 1.50 bits per heavy atom. The van der Waals surface area contributed by atoms with Crippen molar-refractivity contribution in [2.24, 2.45) is 0 Å². The van der Waals surface area contributed by atoms with Crippen molar-refractivity contribution < 1.29 is 49.2 Å². The summed E-state index contributed by atoms with van der Waals surface area (Å²) >= 11 is 2.52. The lowest BCUT2D eigenvalue weighted by molar-refractivity contribution is -0.384. The number of amides is 1. The number of rotatable bonds is 4. The van der Waals surface area contributed by atoms with Crippen molar-refractivity contribution in [3.63, 3.8) is 0 Å². The predicted molar refractivity (Wildman–Crippen MR) is 70.3 cm³/mol. The van der Waals surface area contributed by atoms with Crippen molar-refractivity contribution in [3.8, 4) is 0 Å². The largest absolute Gasteiger partial charge is 0.457 e. The van der Waals surface area contributed by atoms with Crippen molar-refractivity contribution in [1.29, 1.82) is 0 Å². The minimum Gasteiger partial charge on any atom is -0.322 e. The SMILES string of the molecule is O=C(Nc1ccc([N+](=O)[O-])cc1Br)C(F)(C(F)(F)F)C(F)(F)C(F)(F)F. The van der Waals surface area contributed by atoms with Crippen molar-refractivity contribution in [2.45, 2.75) is 23.9 Å². The van der Waals surface area contributed by atoms with E-state index in [1.54, 1.807) is 0 Å². The number of hydrogen-bond donors (Lipinski definition) is 1. The highest BCUT2D eigenvalue weighted by Gasteiger charge is 2.84. The Bertz CT molecular complexity index is 735. The zero-order chi connectivity index (χ0) is 20.7. The van der Waals surface area contributed by atoms with E-state index in [0.717, 1.165) is 5.32 Å². The number of halogens is 10. The molecule has 0 aliphatic carbocycles. The summed E-state index contributed by atoms with van der Waals surface area (Å²) in [5, 5.41) is 11.4. The first-order chi connectivity index (χ1) is 11.5. The summed E-state index contributed by atoms with van der Waals surface area (Å²) in [6, 6.07) is 1.67. The summed E-state index contributed by atoms with van der Waals surface area (Å²) < 4.78 is 114. The number of nitro groups is 1. The van der Waals surface area contributed by atoms with Crippen molar-refractivity contribution in [3.05, 3.63) is 32.8 Å². The molecule has 0 aliphatic rings. The summed E-state index contributed by atoms with van der Waals surface area (Å²) in [6.45, 7) is 0. The third kappa shape index (κ3) is 3.57. The van der Waals surface area contributed by atoms with Gasteiger partial charge in [-0.1, -0.05) is 0 Å². The normalized spacial score (nSPS) is 15.3. The van der Waals surface area contributed by atoms with Crippen LogP contribution in [0.4, 0.5) is 50.9 Å². The van der Waals surface area contributed by atoms with Crippen LogP contribution in [-0.4, -0.2) is 34.8 Å². The molecule has 1 amide bonds. The Morgan fingerprint density at radius 3 is 1.85 bits per heavy atom. The summed E-state index contributed by atoms with van der Waals surface area (Å²) in [5.41, 5.74) is -8.23. The lowest BCUT2D eigenvalue weighted by atomic mass is 9.94. The van der Waals surface area contributed by atoms with Crippen LogP contribution < -0.4 is 5.32 Å². The van der Waals surface area contributed by atoms with Gasteiger partial charge in [-0.05, 0) is 22.0 Å². The second-order valence-corrected chi connectivity index (χ2v) is 5.46. The summed E-state index contributed by atoms with van der Waals surface area (Å²) in [6.07, 6.45) is -14.0. The average Bonchev–Trinajstić information content (AvgIpc) is 2.45. The highest BCUT2D eigenvalue weighted by atomic mass is 79.9. The van der Waals surface area contributed by atoms with Gasteiger partial charge in [0, 0.05) is 16.6 Å². The fourth-order valence-corrected chi connectivity index (χ4v) is 2.04. The molecule has 0 radical (unpaired) electrons. The van der Waals surface area contributed by atoms with E-state index in [4.69, 9.17) is 0 Å². The van der Waals surface area contributed by atoms with E-state index >= 15 is 0 Å². The fraction of sp³-hybridized carbons (Fsp3) is 0.364. The average molecular weight is 463 g/mol. The maximum atomic E-state index is 13.9. The zero-order valence-electron chi connectivity index (χ0n) is 11.7. The smallest absolute Gasteiger partial charge is 0.322 e. The van der Waals surface area contributed by atoms with Gasteiger partial charge in [-0.2, -0.15) is 35.1 Å². The summed E-state index contributed by atoms with van der Waals surface area (Å²) in [4.78, 5) is 20.9. The molecule has 0 bridgehead atoms. The van der Waals surface area contributed by atoms with Crippen LogP contribution in [0.5, 0.6) is 0 Å². The monoisotopic (exact) mass is 462 g/mol. The molecule has 1 aromatic carbocycles. The first-order valence-corrected chi connectivity index (χ1v) is 6.71. The Labute approximate surface area is 145 Å². The third-order valence-corrected chi connectivity index (χ3v) is 3.56. The predicted octanol–water partition coefficient (Wildman–Crippen LogP) is 4.76. The lowest BCUT2D eigenvalue weighted by Gasteiger charge is -2.34. The maximum Gasteiger partial charge on any atom is 0.457 e. The van der Waals surface area contributed by atoms with Crippen LogP contribution in [0.15, 0.2) is 22.7 Å². The van der Waals surface area contributed by atoms with Crippen molar-refractivity contribution in [1.82, 2.24) is 0 Å². The number of nitro benzene ring substituents is 1. The molecule has 1 rings (SSSR count). The Morgan fingerprint density at radius 1 is 1.00 bits per heavy atom. The van der Waals surface area contributed by atoms with Gasteiger partial charge in [0.25, 0.3) is 11.6 Å². The first-order valence-electron chi connectivity index (χ1n) is 5.92. The number of hydrogen-bond acceptors (Lipinski definition) is 3. The second kappa shape index (κ2) is 6.59. The molecule has 0 saturated heterocycles. The van der Waals surface area contributed by atoms with Gasteiger partial charge in [0.1, 0.15) is 0 Å². The molecular weight excluding hydrogens is 459 g/mol. The topological polar surface area (TPSA) is 72.2 Å². The van der Waals surface area contributed by atoms with E-state index in [2.05, 4.69) is 15.9 Å². The lowest BCUT2D eigenvalue weighted by Crippen LogP contribution is -2.67. The molecule has 146 valence electrons. The molecule has 5 nitrogen and oxygen atoms in total. The number of nitrogens with zero attached hydrogens (tertiary/aromatic N) is 1. The first kappa shape index (κ1) is 22.0. The Kier molecular flexibility index (Phi) is 5.57. The molecular formula is C11H4BrF9N2O3. The quantitative estimate of drug-likeness (QED) is 0.398. The number of carbonyl (C=O) groups is 1. The van der Waals surface area contributed by atoms with E-state index in [9.17, 15) is 54.4 Å². The van der Waals surface area contributed by atoms with Gasteiger partial charge in [-0.25, -0.2) is 4.39 Å². The zero-order valence-corrected chi connectivity index (χ0v) is 13.3. The molecule has 0 fully saturated rings. The molecule has 0 saturated carbocycles. The maximum absolute atomic E-state index is 13.9. The summed E-state index contributed by atoms with van der Waals surface area (Å²) in [5.74, 6) is -10.5. The molecule has 0 heterocycles. The van der Waals surface area contributed by atoms with Crippen LogP contribution in [0.25, 0.3) is 0 Å². The van der Waals surface area contributed by atoms with Gasteiger partial charge in [0.2, 0.25) is 0 Å². The van der Waals surface area contributed by atoms with Crippen molar-refractivity contribution in [2.75, 3.05) is 5.32 Å². The molecule has 0 aliphatic heterocycles. The molecule has 1 N–H and O–H groups in total. The highest BCUT2D eigenvalue weighted by molar-refractivity contribution is 9.10. The molecule has 15 heteroatoms. The number of alkyl halides is 9. The molecule has 1 unspecified atom stereocenters. The minimum atomic E-state index is -7.12. The number of anilines is 1. The Balaban J connectivity index is 3.40. The standard InChI is InChI=1S/C11H4BrF9N2O3/c12-5-3-4(23(25)26)1-2-6(5)22-7(24)8(13,10(16,17)18)9(14,15)11(19,20)21/h1-3H,(H,22,24). The van der Waals surface area contributed by atoms with Gasteiger partial charge in [-0.15, -0.1) is 0 Å². The van der Waals surface area contributed by atoms with Gasteiger partial charge in [-0.3, -0.25) is 14.9 Å². The second-order valence-electron chi connectivity index (χ2n) is 4.60. The number of non-ortho nitro benzene ring substituents is 1. The third-order valence-electron chi connectivity index (χ3n) is 2.90. The van der Waals surface area contributed by atoms with Crippen LogP contribution in [0, 0.1) is 10.1 Å². The molecule has 1 atom stereocenters. The molecule has 0 aromatic heterocycles. The number of nitrogens with one attached hydrogen (secondary N) is 1. The molecule has 1 aromatic rings. The van der Waals surface area contributed by atoms with E-state index in [1.165, 1.54) is 0 Å². The van der Waals surface area contributed by atoms with E-state index in [0.29, 0.717) is 18.2 Å². The van der Waals surface area contributed by atoms with Gasteiger partial charge in [0.15, 0.2) is 0 Å². The van der Waals surface area contributed by atoms with E-state index < -0.39 is 50.6 Å². The fourth-order valence-electron chi connectivity index (χ4n) is 1.57. The van der Waals surface area contributed by atoms with Crippen LogP contribution in [-0.2, 0) is 4.79 Å². The molecule has 26 heavy (non-hydrogen) atoms. The van der Waals surface area contributed by atoms with Gasteiger partial charge in [0.05, 0.1) is 10.6 Å². The van der Waals surface area contributed by atoms with Crippen LogP contribution in [0.2, 0.25) is 0 Å². The van der Waals surface area contributed by atoms with E-state index in [-0.39, 0.29) is 0 Å². The minimum absolute atomic E-state index is 0.503. The molecule has 0 spiro atoms. The van der Waals surface area contributed by atoms with Crippen LogP contribution >= 0.6 is 15.9 Å². The van der Waals surface area contributed by atoms with Crippen LogP contribution in [0.3, 0.4) is 0 Å².